The molecule has 0 saturated heterocycles. The molecule has 8 nitrogen and oxygen atoms in total. The van der Waals surface area contributed by atoms with Crippen LogP contribution in [0, 0.1) is 6.92 Å². The van der Waals surface area contributed by atoms with E-state index in [4.69, 9.17) is 21.1 Å². The van der Waals surface area contributed by atoms with Crippen molar-refractivity contribution in [3.05, 3.63) is 40.9 Å². The van der Waals surface area contributed by atoms with E-state index in [0.717, 1.165) is 11.3 Å². The number of halogens is 2. The molecule has 0 fully saturated rings. The van der Waals surface area contributed by atoms with Crippen LogP contribution in [0.4, 0.5) is 9.52 Å². The molecule has 1 amide bonds. The number of aryl methyl sites for hydroxylation is 1. The number of nitrogens with zero attached hydrogens (tertiary/aromatic N) is 4. The fourth-order valence-electron chi connectivity index (χ4n) is 2.47. The molecule has 0 saturated carbocycles. The van der Waals surface area contributed by atoms with Gasteiger partial charge in [0.2, 0.25) is 5.13 Å². The quantitative estimate of drug-likeness (QED) is 0.533. The summed E-state index contributed by atoms with van der Waals surface area (Å²) in [5.41, 5.74) is 0.643. The van der Waals surface area contributed by atoms with E-state index in [2.05, 4.69) is 25.5 Å². The van der Waals surface area contributed by atoms with Crippen molar-refractivity contribution in [2.24, 2.45) is 0 Å². The molecule has 3 aromatic heterocycles. The highest BCUT2D eigenvalue weighted by Crippen LogP contribution is 2.34. The molecule has 0 aliphatic heterocycles. The van der Waals surface area contributed by atoms with Gasteiger partial charge in [0.1, 0.15) is 23.2 Å². The Morgan fingerprint density at radius 3 is 2.70 bits per heavy atom. The summed E-state index contributed by atoms with van der Waals surface area (Å²) in [4.78, 5) is 21.2. The summed E-state index contributed by atoms with van der Waals surface area (Å²) < 4.78 is 24.2. The Kier molecular flexibility index (Phi) is 6.47. The van der Waals surface area contributed by atoms with E-state index in [1.165, 1.54) is 33.4 Å². The third-order valence-electron chi connectivity index (χ3n) is 3.80. The summed E-state index contributed by atoms with van der Waals surface area (Å²) in [7, 11) is 1.50. The predicted octanol–water partition coefficient (Wildman–Crippen LogP) is 4.34. The standard InChI is InChI=1S/C19H19ClFN5O3S/c1-10-5-11(12-6-15(20)23-8-14(12)28-4)13(7-22-10)16(27)24-17-25-26-18(30-17)29-9-19(2,3)21/h5-8H,9H2,1-4H3,(H,24,25,27). The zero-order chi connectivity index (χ0) is 21.9. The van der Waals surface area contributed by atoms with Crippen LogP contribution >= 0.6 is 22.9 Å². The first kappa shape index (κ1) is 21.8. The van der Waals surface area contributed by atoms with Gasteiger partial charge in [0.15, 0.2) is 0 Å². The van der Waals surface area contributed by atoms with E-state index >= 15 is 0 Å². The van der Waals surface area contributed by atoms with Gasteiger partial charge in [-0.3, -0.25) is 15.1 Å². The third-order valence-corrected chi connectivity index (χ3v) is 4.75. The van der Waals surface area contributed by atoms with Crippen molar-refractivity contribution in [3.8, 4) is 22.1 Å². The largest absolute Gasteiger partial charge is 0.494 e. The van der Waals surface area contributed by atoms with Gasteiger partial charge in [-0.1, -0.05) is 16.7 Å². The van der Waals surface area contributed by atoms with Crippen LogP contribution in [0.5, 0.6) is 10.9 Å². The fraction of sp³-hybridized carbons (Fsp3) is 0.316. The van der Waals surface area contributed by atoms with Gasteiger partial charge >= 0.3 is 0 Å². The molecule has 0 spiro atoms. The Hall–Kier alpha value is -2.85. The smallest absolute Gasteiger partial charge is 0.295 e. The van der Waals surface area contributed by atoms with Crippen molar-refractivity contribution in [1.29, 1.82) is 0 Å². The van der Waals surface area contributed by atoms with Crippen molar-refractivity contribution in [2.75, 3.05) is 19.0 Å². The number of pyridine rings is 2. The Morgan fingerprint density at radius 1 is 1.23 bits per heavy atom. The maximum Gasteiger partial charge on any atom is 0.295 e. The molecular formula is C19H19ClFN5O3S. The number of methoxy groups -OCH3 is 1. The van der Waals surface area contributed by atoms with Crippen LogP contribution in [0.25, 0.3) is 11.1 Å². The molecule has 0 bridgehead atoms. The lowest BCUT2D eigenvalue weighted by Crippen LogP contribution is -2.22. The normalized spacial score (nSPS) is 11.3. The Morgan fingerprint density at radius 2 is 2.00 bits per heavy atom. The molecule has 0 aromatic carbocycles. The van der Waals surface area contributed by atoms with Gasteiger partial charge in [-0.25, -0.2) is 9.37 Å². The van der Waals surface area contributed by atoms with Gasteiger partial charge in [0, 0.05) is 23.0 Å². The number of hydrogen-bond donors (Lipinski definition) is 1. The summed E-state index contributed by atoms with van der Waals surface area (Å²) >= 11 is 7.04. The number of ether oxygens (including phenoxy) is 2. The van der Waals surface area contributed by atoms with Crippen molar-refractivity contribution in [1.82, 2.24) is 20.2 Å². The Labute approximate surface area is 181 Å². The number of hydrogen-bond acceptors (Lipinski definition) is 8. The molecule has 158 valence electrons. The highest BCUT2D eigenvalue weighted by molar-refractivity contribution is 7.17. The lowest BCUT2D eigenvalue weighted by molar-refractivity contribution is 0.102. The second-order valence-corrected chi connectivity index (χ2v) is 8.24. The Bertz CT molecular complexity index is 1070. The SMILES string of the molecule is COc1cnc(Cl)cc1-c1cc(C)ncc1C(=O)Nc1nnc(OCC(C)(C)F)s1. The maximum absolute atomic E-state index is 13.6. The zero-order valence-electron chi connectivity index (χ0n) is 16.7. The number of alkyl halides is 1. The minimum atomic E-state index is -1.51. The number of aromatic nitrogens is 4. The minimum Gasteiger partial charge on any atom is -0.494 e. The fourth-order valence-corrected chi connectivity index (χ4v) is 3.22. The third kappa shape index (κ3) is 5.39. The number of carbonyl (C=O) groups excluding carboxylic acids is 1. The molecule has 11 heteroatoms. The average molecular weight is 452 g/mol. The summed E-state index contributed by atoms with van der Waals surface area (Å²) in [5.74, 6) is 0.000461. The molecule has 3 rings (SSSR count). The topological polar surface area (TPSA) is 99.1 Å². The lowest BCUT2D eigenvalue weighted by atomic mass is 10.0. The first-order valence-corrected chi connectivity index (χ1v) is 9.99. The van der Waals surface area contributed by atoms with Crippen LogP contribution in [0.1, 0.15) is 29.9 Å². The van der Waals surface area contributed by atoms with Gasteiger partial charge in [0.05, 0.1) is 18.9 Å². The van der Waals surface area contributed by atoms with E-state index in [1.54, 1.807) is 19.1 Å². The number of nitrogens with one attached hydrogen (secondary N) is 1. The molecular weight excluding hydrogens is 433 g/mol. The number of rotatable bonds is 7. The van der Waals surface area contributed by atoms with Crippen LogP contribution in [0.2, 0.25) is 5.15 Å². The number of anilines is 1. The first-order chi connectivity index (χ1) is 14.2. The molecule has 30 heavy (non-hydrogen) atoms. The van der Waals surface area contributed by atoms with Gasteiger partial charge in [-0.15, -0.1) is 5.10 Å². The van der Waals surface area contributed by atoms with E-state index in [1.807, 2.05) is 0 Å². The highest BCUT2D eigenvalue weighted by Gasteiger charge is 2.21. The molecule has 0 aliphatic rings. The predicted molar refractivity (Wildman–Crippen MR) is 112 cm³/mol. The van der Waals surface area contributed by atoms with Gasteiger partial charge in [-0.05, 0) is 44.2 Å². The monoisotopic (exact) mass is 451 g/mol. The van der Waals surface area contributed by atoms with Gasteiger partial charge < -0.3 is 9.47 Å². The van der Waals surface area contributed by atoms with Crippen molar-refractivity contribution < 1.29 is 18.7 Å². The molecule has 3 heterocycles. The van der Waals surface area contributed by atoms with Crippen LogP contribution in [0.3, 0.4) is 0 Å². The molecule has 3 aromatic rings. The van der Waals surface area contributed by atoms with Crippen LogP contribution < -0.4 is 14.8 Å². The van der Waals surface area contributed by atoms with Crippen molar-refractivity contribution >= 4 is 34.0 Å². The van der Waals surface area contributed by atoms with E-state index in [9.17, 15) is 9.18 Å². The second-order valence-electron chi connectivity index (χ2n) is 6.91. The van der Waals surface area contributed by atoms with E-state index in [-0.39, 0.29) is 27.6 Å². The zero-order valence-corrected chi connectivity index (χ0v) is 18.3. The highest BCUT2D eigenvalue weighted by atomic mass is 35.5. The van der Waals surface area contributed by atoms with E-state index in [0.29, 0.717) is 22.6 Å². The minimum absolute atomic E-state index is 0.154. The number of carbonyl (C=O) groups is 1. The molecule has 0 unspecified atom stereocenters. The summed E-state index contributed by atoms with van der Waals surface area (Å²) in [5, 5.41) is 10.9. The van der Waals surface area contributed by atoms with Crippen molar-refractivity contribution in [3.63, 3.8) is 0 Å². The Balaban J connectivity index is 1.88. The second kappa shape index (κ2) is 8.88. The average Bonchev–Trinajstić information content (AvgIpc) is 3.13. The van der Waals surface area contributed by atoms with Gasteiger partial charge in [-0.2, -0.15) is 0 Å². The van der Waals surface area contributed by atoms with Gasteiger partial charge in [0.25, 0.3) is 11.1 Å². The summed E-state index contributed by atoms with van der Waals surface area (Å²) in [6.45, 7) is 4.41. The number of amides is 1. The van der Waals surface area contributed by atoms with Crippen molar-refractivity contribution in [2.45, 2.75) is 26.4 Å². The molecule has 1 N–H and O–H groups in total. The maximum atomic E-state index is 13.6. The lowest BCUT2D eigenvalue weighted by Gasteiger charge is -2.13. The summed E-state index contributed by atoms with van der Waals surface area (Å²) in [6, 6.07) is 3.36. The first-order valence-electron chi connectivity index (χ1n) is 8.79. The van der Waals surface area contributed by atoms with Crippen LogP contribution in [-0.4, -0.2) is 45.5 Å². The molecule has 0 aliphatic carbocycles. The van der Waals surface area contributed by atoms with Crippen LogP contribution in [0.15, 0.2) is 24.5 Å². The molecule has 0 radical (unpaired) electrons. The van der Waals surface area contributed by atoms with Crippen LogP contribution in [-0.2, 0) is 0 Å². The van der Waals surface area contributed by atoms with E-state index < -0.39 is 11.6 Å². The summed E-state index contributed by atoms with van der Waals surface area (Å²) in [6.07, 6.45) is 2.94. The molecule has 0 atom stereocenters.